The van der Waals surface area contributed by atoms with Crippen LogP contribution >= 0.6 is 23.2 Å². The van der Waals surface area contributed by atoms with Gasteiger partial charge in [0.05, 0.1) is 16.1 Å². The SMILES string of the molecule is O=C(c1ccc(Oc2ncc(C(F)(F)F)cc2Cl)cc1)N1CCN(c2ncc(C(F)(F)F)cc2Cl)CC1. The molecule has 196 valence electrons. The van der Waals surface area contributed by atoms with Crippen LogP contribution in [-0.4, -0.2) is 47.0 Å². The smallest absolute Gasteiger partial charge is 0.417 e. The summed E-state index contributed by atoms with van der Waals surface area (Å²) < 4.78 is 82.2. The lowest BCUT2D eigenvalue weighted by Gasteiger charge is -2.35. The molecule has 0 saturated carbocycles. The molecule has 1 amide bonds. The Morgan fingerprint density at radius 1 is 0.811 bits per heavy atom. The summed E-state index contributed by atoms with van der Waals surface area (Å²) in [6.45, 7) is 1.18. The number of benzene rings is 1. The van der Waals surface area contributed by atoms with Crippen molar-refractivity contribution in [3.8, 4) is 11.6 Å². The van der Waals surface area contributed by atoms with E-state index in [1.165, 1.54) is 24.3 Å². The molecule has 1 aliphatic rings. The van der Waals surface area contributed by atoms with Gasteiger partial charge in [0.25, 0.3) is 5.91 Å². The van der Waals surface area contributed by atoms with Gasteiger partial charge in [-0.3, -0.25) is 4.79 Å². The number of pyridine rings is 2. The number of carbonyl (C=O) groups excluding carboxylic acids is 1. The van der Waals surface area contributed by atoms with Gasteiger partial charge in [-0.05, 0) is 36.4 Å². The number of anilines is 1. The second-order valence-electron chi connectivity index (χ2n) is 7.94. The first-order valence-corrected chi connectivity index (χ1v) is 11.4. The number of piperazine rings is 1. The molecule has 3 aromatic rings. The maximum atomic E-state index is 12.9. The lowest BCUT2D eigenvalue weighted by atomic mass is 10.1. The van der Waals surface area contributed by atoms with E-state index < -0.39 is 23.5 Å². The standard InChI is InChI=1S/C23H16Cl2F6N4O2/c24-17-9-14(22(26,27)28)11-32-19(17)34-5-7-35(8-6-34)21(36)13-1-3-16(4-2-13)37-20-18(25)10-15(12-33-20)23(29,30)31/h1-4,9-12H,5-8H2. The van der Waals surface area contributed by atoms with E-state index in [0.717, 1.165) is 12.3 Å². The van der Waals surface area contributed by atoms with Crippen LogP contribution in [0.3, 0.4) is 0 Å². The lowest BCUT2D eigenvalue weighted by molar-refractivity contribution is -0.138. The lowest BCUT2D eigenvalue weighted by Crippen LogP contribution is -2.49. The van der Waals surface area contributed by atoms with Crippen LogP contribution in [0.25, 0.3) is 0 Å². The number of rotatable bonds is 4. The Morgan fingerprint density at radius 3 is 1.86 bits per heavy atom. The van der Waals surface area contributed by atoms with Crippen LogP contribution in [0.2, 0.25) is 10.0 Å². The third-order valence-corrected chi connectivity index (χ3v) is 6.01. The van der Waals surface area contributed by atoms with Crippen molar-refractivity contribution in [2.45, 2.75) is 12.4 Å². The van der Waals surface area contributed by atoms with E-state index >= 15 is 0 Å². The molecule has 6 nitrogen and oxygen atoms in total. The molecule has 3 heterocycles. The summed E-state index contributed by atoms with van der Waals surface area (Å²) in [6, 6.07) is 7.38. The molecule has 0 aliphatic carbocycles. The van der Waals surface area contributed by atoms with Crippen LogP contribution in [0.5, 0.6) is 11.6 Å². The van der Waals surface area contributed by atoms with Crippen molar-refractivity contribution < 1.29 is 35.9 Å². The average Bonchev–Trinajstić information content (AvgIpc) is 2.84. The average molecular weight is 565 g/mol. The molecule has 0 spiro atoms. The van der Waals surface area contributed by atoms with Crippen LogP contribution < -0.4 is 9.64 Å². The Morgan fingerprint density at radius 2 is 1.35 bits per heavy atom. The van der Waals surface area contributed by atoms with Crippen LogP contribution in [0, 0.1) is 0 Å². The third kappa shape index (κ3) is 6.19. The molecule has 0 radical (unpaired) electrons. The molecule has 37 heavy (non-hydrogen) atoms. The van der Waals surface area contributed by atoms with E-state index in [1.54, 1.807) is 9.80 Å². The molecule has 1 saturated heterocycles. The molecule has 0 N–H and O–H groups in total. The zero-order chi connectivity index (χ0) is 27.0. The van der Waals surface area contributed by atoms with Crippen LogP contribution in [0.1, 0.15) is 21.5 Å². The van der Waals surface area contributed by atoms with Gasteiger partial charge in [-0.15, -0.1) is 0 Å². The Hall–Kier alpha value is -3.25. The van der Waals surface area contributed by atoms with Gasteiger partial charge >= 0.3 is 12.4 Å². The molecule has 4 rings (SSSR count). The molecule has 0 bridgehead atoms. The summed E-state index contributed by atoms with van der Waals surface area (Å²) in [6.07, 6.45) is -7.83. The number of hydrogen-bond donors (Lipinski definition) is 0. The van der Waals surface area contributed by atoms with Crippen molar-refractivity contribution in [3.63, 3.8) is 0 Å². The van der Waals surface area contributed by atoms with Crippen molar-refractivity contribution in [2.24, 2.45) is 0 Å². The van der Waals surface area contributed by atoms with E-state index in [2.05, 4.69) is 9.97 Å². The van der Waals surface area contributed by atoms with Gasteiger partial charge < -0.3 is 14.5 Å². The minimum Gasteiger partial charge on any atom is -0.438 e. The zero-order valence-electron chi connectivity index (χ0n) is 18.6. The molecule has 1 aliphatic heterocycles. The number of halogens is 8. The molecule has 1 fully saturated rings. The number of alkyl halides is 6. The molecule has 0 atom stereocenters. The summed E-state index contributed by atoms with van der Waals surface area (Å²) in [4.78, 5) is 23.6. The van der Waals surface area contributed by atoms with Gasteiger partial charge in [0, 0.05) is 44.1 Å². The number of aromatic nitrogens is 2. The number of ether oxygens (including phenoxy) is 1. The number of carbonyl (C=O) groups is 1. The largest absolute Gasteiger partial charge is 0.438 e. The van der Waals surface area contributed by atoms with Gasteiger partial charge in [0.1, 0.15) is 16.6 Å². The van der Waals surface area contributed by atoms with Crippen molar-refractivity contribution in [1.29, 1.82) is 0 Å². The second kappa shape index (κ2) is 10.3. The van der Waals surface area contributed by atoms with Crippen molar-refractivity contribution in [3.05, 3.63) is 75.5 Å². The monoisotopic (exact) mass is 564 g/mol. The topological polar surface area (TPSA) is 58.6 Å². The first-order valence-electron chi connectivity index (χ1n) is 10.6. The van der Waals surface area contributed by atoms with E-state index in [1.807, 2.05) is 0 Å². The van der Waals surface area contributed by atoms with E-state index in [0.29, 0.717) is 30.9 Å². The highest BCUT2D eigenvalue weighted by Gasteiger charge is 2.33. The highest BCUT2D eigenvalue weighted by Crippen LogP contribution is 2.35. The second-order valence-corrected chi connectivity index (χ2v) is 8.76. The molecule has 0 unspecified atom stereocenters. The van der Waals surface area contributed by atoms with Crippen molar-refractivity contribution in [2.75, 3.05) is 31.1 Å². The Kier molecular flexibility index (Phi) is 7.43. The van der Waals surface area contributed by atoms with Gasteiger partial charge in [-0.2, -0.15) is 26.3 Å². The van der Waals surface area contributed by atoms with Crippen LogP contribution in [0.4, 0.5) is 32.2 Å². The minimum absolute atomic E-state index is 0.132. The van der Waals surface area contributed by atoms with Crippen molar-refractivity contribution in [1.82, 2.24) is 14.9 Å². The summed E-state index contributed by atoms with van der Waals surface area (Å²) in [7, 11) is 0. The van der Waals surface area contributed by atoms with E-state index in [-0.39, 0.29) is 46.5 Å². The van der Waals surface area contributed by atoms with Crippen LogP contribution in [0.15, 0.2) is 48.8 Å². The normalized spacial score (nSPS) is 14.6. The van der Waals surface area contributed by atoms with Gasteiger partial charge in [0.15, 0.2) is 0 Å². The number of nitrogens with zero attached hydrogens (tertiary/aromatic N) is 4. The third-order valence-electron chi connectivity index (χ3n) is 5.47. The Balaban J connectivity index is 1.37. The number of hydrogen-bond acceptors (Lipinski definition) is 5. The molecular formula is C23H16Cl2F6N4O2. The summed E-state index contributed by atoms with van der Waals surface area (Å²) in [5.74, 6) is -0.0962. The Labute approximate surface area is 216 Å². The summed E-state index contributed by atoms with van der Waals surface area (Å²) >= 11 is 11.9. The molecule has 2 aromatic heterocycles. The van der Waals surface area contributed by atoms with E-state index in [9.17, 15) is 31.1 Å². The molecule has 14 heteroatoms. The minimum atomic E-state index is -4.59. The fourth-order valence-corrected chi connectivity index (χ4v) is 4.05. The highest BCUT2D eigenvalue weighted by molar-refractivity contribution is 6.33. The van der Waals surface area contributed by atoms with Gasteiger partial charge in [0.2, 0.25) is 5.88 Å². The van der Waals surface area contributed by atoms with E-state index in [4.69, 9.17) is 27.9 Å². The maximum absolute atomic E-state index is 12.9. The maximum Gasteiger partial charge on any atom is 0.417 e. The predicted molar refractivity (Wildman–Crippen MR) is 123 cm³/mol. The first kappa shape index (κ1) is 26.8. The molecular weight excluding hydrogens is 549 g/mol. The number of amides is 1. The zero-order valence-corrected chi connectivity index (χ0v) is 20.1. The van der Waals surface area contributed by atoms with Crippen LogP contribution in [-0.2, 0) is 12.4 Å². The quantitative estimate of drug-likeness (QED) is 0.335. The fourth-order valence-electron chi connectivity index (χ4n) is 3.56. The predicted octanol–water partition coefficient (Wildman–Crippen LogP) is 6.58. The first-order chi connectivity index (χ1) is 17.3. The fraction of sp³-hybridized carbons (Fsp3) is 0.261. The van der Waals surface area contributed by atoms with Gasteiger partial charge in [-0.25, -0.2) is 9.97 Å². The highest BCUT2D eigenvalue weighted by atomic mass is 35.5. The summed E-state index contributed by atoms with van der Waals surface area (Å²) in [5.41, 5.74) is -1.63. The Bertz CT molecular complexity index is 1290. The summed E-state index contributed by atoms with van der Waals surface area (Å²) in [5, 5.41) is -0.455. The van der Waals surface area contributed by atoms with Crippen molar-refractivity contribution >= 4 is 34.9 Å². The van der Waals surface area contributed by atoms with Gasteiger partial charge in [-0.1, -0.05) is 23.2 Å². The molecule has 1 aromatic carbocycles.